The van der Waals surface area contributed by atoms with Crippen LogP contribution in [0, 0.1) is 10.1 Å². The number of ether oxygens (including phenoxy) is 1. The van der Waals surface area contributed by atoms with Crippen LogP contribution in [0.1, 0.15) is 16.8 Å². The van der Waals surface area contributed by atoms with Gasteiger partial charge >= 0.3 is 0 Å². The Morgan fingerprint density at radius 1 is 1.60 bits per heavy atom. The second kappa shape index (κ2) is 7.78. The van der Waals surface area contributed by atoms with Gasteiger partial charge in [-0.1, -0.05) is 11.6 Å². The van der Waals surface area contributed by atoms with Crippen molar-refractivity contribution in [1.29, 1.82) is 0 Å². The molecule has 1 aromatic carbocycles. The molecule has 1 aromatic rings. The number of hydrogen-bond donors (Lipinski definition) is 2. The quantitative estimate of drug-likeness (QED) is 0.585. The summed E-state index contributed by atoms with van der Waals surface area (Å²) < 4.78 is 4.92. The van der Waals surface area contributed by atoms with E-state index in [9.17, 15) is 14.9 Å². The van der Waals surface area contributed by atoms with E-state index in [1.165, 1.54) is 19.2 Å². The molecule has 0 aliphatic carbocycles. The molecule has 0 aliphatic heterocycles. The van der Waals surface area contributed by atoms with Crippen LogP contribution in [-0.4, -0.2) is 42.3 Å². The van der Waals surface area contributed by atoms with E-state index in [-0.39, 0.29) is 29.5 Å². The molecular weight excluding hydrogens is 288 g/mol. The minimum atomic E-state index is -0.604. The average molecular weight is 303 g/mol. The number of nitro benzene ring substituents is 1. The van der Waals surface area contributed by atoms with Gasteiger partial charge < -0.3 is 15.2 Å². The van der Waals surface area contributed by atoms with Crippen molar-refractivity contribution in [3.8, 4) is 0 Å². The maximum Gasteiger partial charge on any atom is 0.270 e. The van der Waals surface area contributed by atoms with Gasteiger partial charge in [0.05, 0.1) is 28.2 Å². The number of carbonyl (C=O) groups excluding carboxylic acids is 1. The summed E-state index contributed by atoms with van der Waals surface area (Å²) in [5.41, 5.74) is -0.204. The lowest BCUT2D eigenvalue weighted by Gasteiger charge is -2.17. The molecule has 1 atom stereocenters. The van der Waals surface area contributed by atoms with E-state index in [1.54, 1.807) is 0 Å². The van der Waals surface area contributed by atoms with Crippen LogP contribution in [0.2, 0.25) is 5.02 Å². The minimum absolute atomic E-state index is 0.0138. The van der Waals surface area contributed by atoms with Crippen LogP contribution in [0.15, 0.2) is 18.2 Å². The average Bonchev–Trinajstić information content (AvgIpc) is 2.39. The molecule has 0 radical (unpaired) electrons. The van der Waals surface area contributed by atoms with E-state index >= 15 is 0 Å². The molecule has 0 spiro atoms. The molecule has 20 heavy (non-hydrogen) atoms. The van der Waals surface area contributed by atoms with Crippen LogP contribution in [0.25, 0.3) is 0 Å². The number of hydrogen-bond acceptors (Lipinski definition) is 5. The Bertz CT molecular complexity index is 489. The van der Waals surface area contributed by atoms with Gasteiger partial charge in [0.25, 0.3) is 11.6 Å². The van der Waals surface area contributed by atoms with E-state index in [0.29, 0.717) is 6.42 Å². The summed E-state index contributed by atoms with van der Waals surface area (Å²) in [7, 11) is 1.47. The van der Waals surface area contributed by atoms with Gasteiger partial charge in [-0.3, -0.25) is 14.9 Å². The number of halogens is 1. The van der Waals surface area contributed by atoms with Crippen LogP contribution in [0.5, 0.6) is 0 Å². The first-order valence-corrected chi connectivity index (χ1v) is 6.22. The first-order chi connectivity index (χ1) is 9.49. The Labute approximate surface area is 120 Å². The highest BCUT2D eigenvalue weighted by atomic mass is 35.5. The molecule has 0 heterocycles. The summed E-state index contributed by atoms with van der Waals surface area (Å²) in [6, 6.07) is 3.24. The van der Waals surface area contributed by atoms with Crippen LogP contribution in [0.4, 0.5) is 5.69 Å². The molecule has 8 heteroatoms. The predicted molar refractivity (Wildman–Crippen MR) is 72.9 cm³/mol. The number of methoxy groups -OCH3 is 1. The van der Waals surface area contributed by atoms with E-state index in [0.717, 1.165) is 6.07 Å². The number of non-ortho nitro benzene ring substituents is 1. The first kappa shape index (κ1) is 16.4. The van der Waals surface area contributed by atoms with Crippen LogP contribution >= 0.6 is 11.6 Å². The maximum atomic E-state index is 12.0. The number of nitrogens with zero attached hydrogens (tertiary/aromatic N) is 1. The summed E-state index contributed by atoms with van der Waals surface area (Å²) in [6.07, 6.45) is 0.312. The van der Waals surface area contributed by atoms with Crippen molar-refractivity contribution in [3.63, 3.8) is 0 Å². The lowest BCUT2D eigenvalue weighted by atomic mass is 10.1. The smallest absolute Gasteiger partial charge is 0.270 e. The predicted octanol–water partition coefficient (Wildman–Crippen LogP) is 1.38. The fraction of sp³-hybridized carbons (Fsp3) is 0.417. The zero-order valence-corrected chi connectivity index (χ0v) is 11.6. The molecule has 2 N–H and O–H groups in total. The highest BCUT2D eigenvalue weighted by Gasteiger charge is 2.18. The van der Waals surface area contributed by atoms with E-state index in [2.05, 4.69) is 5.32 Å². The van der Waals surface area contributed by atoms with Gasteiger partial charge in [0, 0.05) is 25.8 Å². The molecule has 110 valence electrons. The number of aliphatic hydroxyl groups is 1. The second-order valence-corrected chi connectivity index (χ2v) is 4.47. The summed E-state index contributed by atoms with van der Waals surface area (Å²) >= 11 is 5.87. The molecule has 0 aliphatic rings. The van der Waals surface area contributed by atoms with E-state index < -0.39 is 16.9 Å². The van der Waals surface area contributed by atoms with Crippen molar-refractivity contribution in [3.05, 3.63) is 38.9 Å². The van der Waals surface area contributed by atoms with Gasteiger partial charge in [0.1, 0.15) is 0 Å². The lowest BCUT2D eigenvalue weighted by molar-refractivity contribution is -0.384. The molecule has 0 bridgehead atoms. The van der Waals surface area contributed by atoms with Crippen molar-refractivity contribution in [2.24, 2.45) is 0 Å². The van der Waals surface area contributed by atoms with Gasteiger partial charge in [-0.05, 0) is 12.5 Å². The van der Waals surface area contributed by atoms with Gasteiger partial charge in [0.2, 0.25) is 0 Å². The fourth-order valence-corrected chi connectivity index (χ4v) is 1.82. The highest BCUT2D eigenvalue weighted by molar-refractivity contribution is 6.33. The Morgan fingerprint density at radius 2 is 2.30 bits per heavy atom. The second-order valence-electron chi connectivity index (χ2n) is 4.06. The summed E-state index contributed by atoms with van der Waals surface area (Å²) in [6.45, 7) is 0.107. The normalized spacial score (nSPS) is 11.9. The number of nitrogens with one attached hydrogen (secondary N) is 1. The van der Waals surface area contributed by atoms with Crippen molar-refractivity contribution in [2.45, 2.75) is 12.5 Å². The molecule has 7 nitrogen and oxygen atoms in total. The fourth-order valence-electron chi connectivity index (χ4n) is 1.62. The third-order valence-corrected chi connectivity index (χ3v) is 2.92. The van der Waals surface area contributed by atoms with Crippen molar-refractivity contribution in [2.75, 3.05) is 20.3 Å². The number of rotatable bonds is 7. The number of carbonyl (C=O) groups is 1. The largest absolute Gasteiger partial charge is 0.396 e. The zero-order valence-electron chi connectivity index (χ0n) is 10.8. The molecule has 0 aromatic heterocycles. The SMILES string of the molecule is COCC(CCO)NC(=O)c1cc([N+](=O)[O-])ccc1Cl. The topological polar surface area (TPSA) is 102 Å². The number of nitro groups is 1. The van der Waals surface area contributed by atoms with Crippen molar-refractivity contribution < 1.29 is 19.6 Å². The zero-order chi connectivity index (χ0) is 15.1. The molecule has 1 amide bonds. The van der Waals surface area contributed by atoms with E-state index in [4.69, 9.17) is 21.4 Å². The molecule has 1 rings (SSSR count). The summed E-state index contributed by atoms with van der Waals surface area (Å²) in [5, 5.41) is 22.3. The maximum absolute atomic E-state index is 12.0. The lowest BCUT2D eigenvalue weighted by Crippen LogP contribution is -2.38. The van der Waals surface area contributed by atoms with Crippen LogP contribution in [-0.2, 0) is 4.74 Å². The number of amides is 1. The number of benzene rings is 1. The third-order valence-electron chi connectivity index (χ3n) is 2.59. The van der Waals surface area contributed by atoms with Crippen molar-refractivity contribution in [1.82, 2.24) is 5.32 Å². The molecule has 0 saturated carbocycles. The van der Waals surface area contributed by atoms with Crippen molar-refractivity contribution >= 4 is 23.2 Å². The minimum Gasteiger partial charge on any atom is -0.396 e. The van der Waals surface area contributed by atoms with Gasteiger partial charge in [-0.25, -0.2) is 0 Å². The van der Waals surface area contributed by atoms with Crippen LogP contribution in [0.3, 0.4) is 0 Å². The molecule has 0 saturated heterocycles. The standard InChI is InChI=1S/C12H15ClN2O5/c1-20-7-8(4-5-16)14-12(17)10-6-9(15(18)19)2-3-11(10)13/h2-3,6,8,16H,4-5,7H2,1H3,(H,14,17). The van der Waals surface area contributed by atoms with E-state index in [1.807, 2.05) is 0 Å². The molecule has 1 unspecified atom stereocenters. The summed E-state index contributed by atoms with van der Waals surface area (Å²) in [5.74, 6) is -0.547. The highest BCUT2D eigenvalue weighted by Crippen LogP contribution is 2.22. The van der Waals surface area contributed by atoms with Gasteiger partial charge in [0.15, 0.2) is 0 Å². The molecular formula is C12H15ClN2O5. The summed E-state index contributed by atoms with van der Waals surface area (Å²) in [4.78, 5) is 22.1. The Morgan fingerprint density at radius 3 is 2.85 bits per heavy atom. The third kappa shape index (κ3) is 4.44. The van der Waals surface area contributed by atoms with Gasteiger partial charge in [-0.15, -0.1) is 0 Å². The van der Waals surface area contributed by atoms with Gasteiger partial charge in [-0.2, -0.15) is 0 Å². The molecule has 0 fully saturated rings. The van der Waals surface area contributed by atoms with Crippen LogP contribution < -0.4 is 5.32 Å². The Kier molecular flexibility index (Phi) is 6.37. The Balaban J connectivity index is 2.90. The number of aliphatic hydroxyl groups excluding tert-OH is 1. The Hall–Kier alpha value is -1.70. The first-order valence-electron chi connectivity index (χ1n) is 5.84. The monoisotopic (exact) mass is 302 g/mol.